The van der Waals surface area contributed by atoms with Gasteiger partial charge in [-0.2, -0.15) is 5.10 Å². The fourth-order valence-electron chi connectivity index (χ4n) is 1.78. The second kappa shape index (κ2) is 10.1. The van der Waals surface area contributed by atoms with Crippen molar-refractivity contribution in [3.05, 3.63) is 35.1 Å². The number of terminal acetylenes is 1. The Morgan fingerprint density at radius 1 is 1.35 bits per heavy atom. The molecule has 0 atom stereocenters. The first-order valence-electron chi connectivity index (χ1n) is 7.21. The minimum Gasteiger partial charge on any atom is -0.268 e. The second-order valence-corrected chi connectivity index (χ2v) is 5.17. The molecule has 0 saturated heterocycles. The van der Waals surface area contributed by atoms with Crippen molar-refractivity contribution in [2.75, 3.05) is 0 Å². The minimum atomic E-state index is 0.321. The van der Waals surface area contributed by atoms with Crippen LogP contribution in [-0.2, 0) is 0 Å². The van der Waals surface area contributed by atoms with Crippen LogP contribution < -0.4 is 0 Å². The predicted octanol–water partition coefficient (Wildman–Crippen LogP) is 4.91. The summed E-state index contributed by atoms with van der Waals surface area (Å²) in [7, 11) is 0. The summed E-state index contributed by atoms with van der Waals surface area (Å²) in [5, 5.41) is 5.94. The Bertz CT molecular complexity index is 431. The molecule has 0 aliphatic carbocycles. The van der Waals surface area contributed by atoms with Gasteiger partial charge in [-0.1, -0.05) is 36.6 Å². The molecule has 0 radical (unpaired) electrons. The van der Waals surface area contributed by atoms with Crippen LogP contribution in [0.1, 0.15) is 53.9 Å². The van der Waals surface area contributed by atoms with Crippen LogP contribution in [0.2, 0.25) is 0 Å². The number of hydrazone groups is 1. The van der Waals surface area contributed by atoms with Crippen LogP contribution in [0.3, 0.4) is 0 Å². The molecule has 0 aromatic carbocycles. The molecule has 0 aliphatic heterocycles. The largest absolute Gasteiger partial charge is 0.268 e. The molecule has 0 saturated carbocycles. The van der Waals surface area contributed by atoms with Gasteiger partial charge in [0.1, 0.15) is 0 Å². The molecule has 0 N–H and O–H groups in total. The van der Waals surface area contributed by atoms with Crippen LogP contribution >= 0.6 is 0 Å². The van der Waals surface area contributed by atoms with E-state index < -0.39 is 0 Å². The summed E-state index contributed by atoms with van der Waals surface area (Å²) >= 11 is 0. The minimum absolute atomic E-state index is 0.321. The SMILES string of the molecule is C#C/C(=C\C=C(/C)CC)CC/C=C(\C)N(N=C)C(C)C. The molecule has 0 aromatic rings. The third-order valence-electron chi connectivity index (χ3n) is 3.17. The van der Waals surface area contributed by atoms with E-state index in [0.717, 1.165) is 30.5 Å². The summed E-state index contributed by atoms with van der Waals surface area (Å²) in [6.45, 7) is 14.1. The molecule has 0 unspecified atom stereocenters. The van der Waals surface area contributed by atoms with Crippen molar-refractivity contribution in [3.63, 3.8) is 0 Å². The molecule has 2 nitrogen and oxygen atoms in total. The van der Waals surface area contributed by atoms with E-state index in [-0.39, 0.29) is 0 Å². The quantitative estimate of drug-likeness (QED) is 0.265. The lowest BCUT2D eigenvalue weighted by Crippen LogP contribution is -2.22. The molecule has 0 heterocycles. The Morgan fingerprint density at radius 2 is 2.00 bits per heavy atom. The van der Waals surface area contributed by atoms with E-state index in [4.69, 9.17) is 6.42 Å². The highest BCUT2D eigenvalue weighted by Crippen LogP contribution is 2.13. The van der Waals surface area contributed by atoms with E-state index in [2.05, 4.69) is 64.5 Å². The highest BCUT2D eigenvalue weighted by atomic mass is 15.5. The average molecular weight is 272 g/mol. The zero-order valence-corrected chi connectivity index (χ0v) is 13.6. The van der Waals surface area contributed by atoms with Crippen molar-refractivity contribution in [2.45, 2.75) is 59.9 Å². The monoisotopic (exact) mass is 272 g/mol. The zero-order valence-electron chi connectivity index (χ0n) is 13.6. The van der Waals surface area contributed by atoms with Crippen molar-refractivity contribution in [1.29, 1.82) is 0 Å². The third kappa shape index (κ3) is 6.99. The molecule has 0 rings (SSSR count). The van der Waals surface area contributed by atoms with E-state index in [0.29, 0.717) is 6.04 Å². The van der Waals surface area contributed by atoms with Gasteiger partial charge in [0.25, 0.3) is 0 Å². The highest BCUT2D eigenvalue weighted by Gasteiger charge is 2.06. The smallest absolute Gasteiger partial charge is 0.0465 e. The van der Waals surface area contributed by atoms with Crippen molar-refractivity contribution in [1.82, 2.24) is 5.01 Å². The predicted molar refractivity (Wildman–Crippen MR) is 90.5 cm³/mol. The van der Waals surface area contributed by atoms with E-state index in [1.807, 2.05) is 11.1 Å². The van der Waals surface area contributed by atoms with Crippen molar-refractivity contribution in [2.24, 2.45) is 5.10 Å². The Morgan fingerprint density at radius 3 is 2.45 bits per heavy atom. The van der Waals surface area contributed by atoms with Crippen LogP contribution in [0.4, 0.5) is 0 Å². The fourth-order valence-corrected chi connectivity index (χ4v) is 1.78. The van der Waals surface area contributed by atoms with Gasteiger partial charge in [0, 0.05) is 24.0 Å². The maximum atomic E-state index is 5.54. The lowest BCUT2D eigenvalue weighted by Gasteiger charge is -2.23. The maximum absolute atomic E-state index is 5.54. The molecule has 0 amide bonds. The molecule has 0 fully saturated rings. The molecule has 2 heteroatoms. The van der Waals surface area contributed by atoms with Crippen LogP contribution in [0, 0.1) is 12.3 Å². The third-order valence-corrected chi connectivity index (χ3v) is 3.17. The molecule has 0 aliphatic rings. The van der Waals surface area contributed by atoms with Gasteiger partial charge < -0.3 is 0 Å². The average Bonchev–Trinajstić information content (AvgIpc) is 2.42. The maximum Gasteiger partial charge on any atom is 0.0465 e. The van der Waals surface area contributed by atoms with Gasteiger partial charge in [0.2, 0.25) is 0 Å². The molecule has 0 aromatic heterocycles. The van der Waals surface area contributed by atoms with Crippen molar-refractivity contribution >= 4 is 6.72 Å². The standard InChI is InChI=1S/C18H28N2/c1-8-16(5)13-14-18(9-2)12-10-11-17(6)20(19-7)15(3)4/h2,11,13-15H,7-8,10,12H2,1,3-6H3/b16-13+,17-11+,18-14+. The molecule has 20 heavy (non-hydrogen) atoms. The van der Waals surface area contributed by atoms with Crippen LogP contribution in [0.25, 0.3) is 0 Å². The normalized spacial score (nSPS) is 13.3. The lowest BCUT2D eigenvalue weighted by atomic mass is 10.1. The Hall–Kier alpha value is -1.75. The molecule has 0 bridgehead atoms. The van der Waals surface area contributed by atoms with Crippen molar-refractivity contribution < 1.29 is 0 Å². The summed E-state index contributed by atoms with van der Waals surface area (Å²) in [4.78, 5) is 0. The summed E-state index contributed by atoms with van der Waals surface area (Å²) in [5.41, 5.74) is 3.49. The van der Waals surface area contributed by atoms with Gasteiger partial charge in [-0.15, -0.1) is 6.42 Å². The van der Waals surface area contributed by atoms with E-state index in [1.54, 1.807) is 0 Å². The summed E-state index contributed by atoms with van der Waals surface area (Å²) in [5.74, 6) is 2.76. The second-order valence-electron chi connectivity index (χ2n) is 5.17. The molecule has 0 spiro atoms. The van der Waals surface area contributed by atoms with E-state index in [9.17, 15) is 0 Å². The lowest BCUT2D eigenvalue weighted by molar-refractivity contribution is 0.300. The summed E-state index contributed by atoms with van der Waals surface area (Å²) < 4.78 is 0. The first-order chi connectivity index (χ1) is 9.46. The van der Waals surface area contributed by atoms with Gasteiger partial charge in [-0.05, 0) is 47.0 Å². The number of allylic oxidation sites excluding steroid dienone is 6. The molecule has 110 valence electrons. The molecular weight excluding hydrogens is 244 g/mol. The van der Waals surface area contributed by atoms with Crippen molar-refractivity contribution in [3.8, 4) is 12.3 Å². The first-order valence-corrected chi connectivity index (χ1v) is 7.21. The van der Waals surface area contributed by atoms with Gasteiger partial charge >= 0.3 is 0 Å². The zero-order chi connectivity index (χ0) is 15.5. The van der Waals surface area contributed by atoms with Gasteiger partial charge in [0.15, 0.2) is 0 Å². The van der Waals surface area contributed by atoms with Gasteiger partial charge in [-0.25, -0.2) is 0 Å². The summed E-state index contributed by atoms with van der Waals surface area (Å²) in [6.07, 6.45) is 14.7. The molecular formula is C18H28N2. The van der Waals surface area contributed by atoms with Crippen LogP contribution in [0.15, 0.2) is 40.2 Å². The number of nitrogens with zero attached hydrogens (tertiary/aromatic N) is 2. The number of rotatable bonds is 8. The number of hydrogen-bond donors (Lipinski definition) is 0. The Balaban J connectivity index is 4.61. The van der Waals surface area contributed by atoms with Gasteiger partial charge in [-0.3, -0.25) is 5.01 Å². The topological polar surface area (TPSA) is 15.6 Å². The van der Waals surface area contributed by atoms with E-state index in [1.165, 1.54) is 5.57 Å². The number of hydrogen-bond acceptors (Lipinski definition) is 2. The Labute approximate surface area is 124 Å². The van der Waals surface area contributed by atoms with Gasteiger partial charge in [0.05, 0.1) is 0 Å². The van der Waals surface area contributed by atoms with E-state index >= 15 is 0 Å². The summed E-state index contributed by atoms with van der Waals surface area (Å²) in [6, 6.07) is 0.321. The fraction of sp³-hybridized carbons (Fsp3) is 0.500. The van der Waals surface area contributed by atoms with Crippen LogP contribution in [0.5, 0.6) is 0 Å². The first kappa shape index (κ1) is 18.2. The highest BCUT2D eigenvalue weighted by molar-refractivity contribution is 5.30. The Kier molecular flexibility index (Phi) is 9.20. The van der Waals surface area contributed by atoms with Crippen LogP contribution in [-0.4, -0.2) is 17.8 Å².